The van der Waals surface area contributed by atoms with Gasteiger partial charge in [0.05, 0.1) is 19.1 Å². The molecule has 1 atom stereocenters. The van der Waals surface area contributed by atoms with Crippen LogP contribution in [0.3, 0.4) is 0 Å². The van der Waals surface area contributed by atoms with Crippen molar-refractivity contribution >= 4 is 44.2 Å². The Labute approximate surface area is 201 Å². The third kappa shape index (κ3) is 6.21. The molecule has 0 aromatic heterocycles. The monoisotopic (exact) mass is 566 g/mol. The average molecular weight is 566 g/mol. The van der Waals surface area contributed by atoms with Crippen LogP contribution in [0.2, 0.25) is 0 Å². The lowest BCUT2D eigenvalue weighted by atomic mass is 10.1. The molecule has 3 aromatic rings. The molecular formula is C23H23IN2O5S. The lowest BCUT2D eigenvalue weighted by Gasteiger charge is -2.19. The van der Waals surface area contributed by atoms with Gasteiger partial charge in [0.25, 0.3) is 0 Å². The Balaban J connectivity index is 1.88. The molecule has 9 heteroatoms. The molecule has 32 heavy (non-hydrogen) atoms. The topological polar surface area (TPSA) is 93.7 Å². The fourth-order valence-electron chi connectivity index (χ4n) is 3.04. The quantitative estimate of drug-likeness (QED) is 0.384. The van der Waals surface area contributed by atoms with E-state index in [4.69, 9.17) is 9.47 Å². The fraction of sp³-hybridized carbons (Fsp3) is 0.174. The lowest BCUT2D eigenvalue weighted by molar-refractivity contribution is -0.117. The van der Waals surface area contributed by atoms with Gasteiger partial charge in [-0.2, -0.15) is 4.72 Å². The van der Waals surface area contributed by atoms with Gasteiger partial charge >= 0.3 is 0 Å². The van der Waals surface area contributed by atoms with Gasteiger partial charge < -0.3 is 14.8 Å². The van der Waals surface area contributed by atoms with E-state index in [1.807, 2.05) is 42.5 Å². The second-order valence-corrected chi connectivity index (χ2v) is 9.84. The van der Waals surface area contributed by atoms with Crippen molar-refractivity contribution < 1.29 is 22.7 Å². The van der Waals surface area contributed by atoms with Crippen molar-refractivity contribution in [3.05, 3.63) is 81.9 Å². The van der Waals surface area contributed by atoms with Gasteiger partial charge in [-0.15, -0.1) is 0 Å². The first-order chi connectivity index (χ1) is 15.3. The predicted octanol–water partition coefficient (Wildman–Crippen LogP) is 3.84. The number of hydrogen-bond acceptors (Lipinski definition) is 5. The summed E-state index contributed by atoms with van der Waals surface area (Å²) in [4.78, 5) is 13.0. The van der Waals surface area contributed by atoms with Gasteiger partial charge in [0.1, 0.15) is 6.04 Å². The molecule has 7 nitrogen and oxygen atoms in total. The molecule has 2 N–H and O–H groups in total. The summed E-state index contributed by atoms with van der Waals surface area (Å²) in [5, 5.41) is 2.79. The molecule has 0 aliphatic rings. The Bertz CT molecular complexity index is 1170. The Morgan fingerprint density at radius 1 is 0.938 bits per heavy atom. The second kappa shape index (κ2) is 10.8. The number of ether oxygens (including phenoxy) is 2. The van der Waals surface area contributed by atoms with Crippen molar-refractivity contribution in [1.29, 1.82) is 0 Å². The maximum atomic E-state index is 13.1. The van der Waals surface area contributed by atoms with Gasteiger partial charge in [-0.1, -0.05) is 30.3 Å². The van der Waals surface area contributed by atoms with E-state index in [0.717, 1.165) is 9.13 Å². The molecule has 0 aliphatic carbocycles. The van der Waals surface area contributed by atoms with E-state index in [2.05, 4.69) is 32.6 Å². The molecule has 1 amide bonds. The zero-order valence-corrected chi connectivity index (χ0v) is 20.5. The first kappa shape index (κ1) is 24.0. The lowest BCUT2D eigenvalue weighted by Crippen LogP contribution is -2.45. The van der Waals surface area contributed by atoms with Gasteiger partial charge in [0, 0.05) is 15.3 Å². The van der Waals surface area contributed by atoms with Gasteiger partial charge in [0.2, 0.25) is 15.9 Å². The number of sulfonamides is 1. The highest BCUT2D eigenvalue weighted by molar-refractivity contribution is 14.1. The molecule has 3 aromatic carbocycles. The minimum absolute atomic E-state index is 0.0322. The zero-order chi connectivity index (χ0) is 23.1. The van der Waals surface area contributed by atoms with Crippen LogP contribution < -0.4 is 19.5 Å². The van der Waals surface area contributed by atoms with Crippen LogP contribution in [0.5, 0.6) is 11.5 Å². The molecule has 0 fully saturated rings. The van der Waals surface area contributed by atoms with Crippen LogP contribution in [0.25, 0.3) is 0 Å². The number of carbonyl (C=O) groups excluding carboxylic acids is 1. The second-order valence-electron chi connectivity index (χ2n) is 6.88. The summed E-state index contributed by atoms with van der Waals surface area (Å²) in [5.74, 6) is 0.223. The van der Waals surface area contributed by atoms with Crippen LogP contribution in [-0.2, 0) is 21.2 Å². The van der Waals surface area contributed by atoms with Crippen molar-refractivity contribution in [2.45, 2.75) is 17.4 Å². The highest BCUT2D eigenvalue weighted by Crippen LogP contribution is 2.29. The normalized spacial score (nSPS) is 12.1. The maximum Gasteiger partial charge on any atom is 0.242 e. The summed E-state index contributed by atoms with van der Waals surface area (Å²) in [6.07, 6.45) is 0.184. The molecule has 168 valence electrons. The van der Waals surface area contributed by atoms with E-state index in [-0.39, 0.29) is 17.1 Å². The van der Waals surface area contributed by atoms with Crippen molar-refractivity contribution in [2.75, 3.05) is 19.5 Å². The highest BCUT2D eigenvalue weighted by atomic mass is 127. The van der Waals surface area contributed by atoms with Crippen LogP contribution in [-0.4, -0.2) is 34.6 Å². The molecule has 0 spiro atoms. The molecule has 0 radical (unpaired) electrons. The summed E-state index contributed by atoms with van der Waals surface area (Å²) in [6.45, 7) is 0. The number of halogens is 1. The summed E-state index contributed by atoms with van der Waals surface area (Å²) >= 11 is 2.17. The number of nitrogens with one attached hydrogen (secondary N) is 2. The number of rotatable bonds is 9. The summed E-state index contributed by atoms with van der Waals surface area (Å²) in [5.41, 5.74) is 1.41. The number of hydrogen-bond donors (Lipinski definition) is 2. The Hall–Kier alpha value is -2.63. The molecule has 0 aliphatic heterocycles. The SMILES string of the molecule is COc1ccc(S(=O)(=O)N[C@@H](Cc2ccccc2)C(=O)Nc2ccc(I)cc2)cc1OC. The molecule has 0 unspecified atom stereocenters. The van der Waals surface area contributed by atoms with E-state index in [9.17, 15) is 13.2 Å². The smallest absolute Gasteiger partial charge is 0.242 e. The van der Waals surface area contributed by atoms with Crippen molar-refractivity contribution in [2.24, 2.45) is 0 Å². The van der Waals surface area contributed by atoms with Crippen LogP contribution in [0.15, 0.2) is 77.7 Å². The average Bonchev–Trinajstić information content (AvgIpc) is 2.80. The largest absolute Gasteiger partial charge is 0.493 e. The van der Waals surface area contributed by atoms with Crippen LogP contribution >= 0.6 is 22.6 Å². The van der Waals surface area contributed by atoms with E-state index < -0.39 is 22.0 Å². The Morgan fingerprint density at radius 2 is 1.59 bits per heavy atom. The Morgan fingerprint density at radius 3 is 2.22 bits per heavy atom. The highest BCUT2D eigenvalue weighted by Gasteiger charge is 2.27. The van der Waals surface area contributed by atoms with Gasteiger partial charge in [-0.05, 0) is 71.0 Å². The molecule has 0 saturated heterocycles. The van der Waals surface area contributed by atoms with E-state index in [1.54, 1.807) is 12.1 Å². The van der Waals surface area contributed by atoms with E-state index in [1.165, 1.54) is 32.4 Å². The van der Waals surface area contributed by atoms with Crippen LogP contribution in [0, 0.1) is 3.57 Å². The third-order valence-electron chi connectivity index (χ3n) is 4.67. The predicted molar refractivity (Wildman–Crippen MR) is 132 cm³/mol. The zero-order valence-electron chi connectivity index (χ0n) is 17.5. The number of amides is 1. The first-order valence-corrected chi connectivity index (χ1v) is 12.2. The Kier molecular flexibility index (Phi) is 8.10. The van der Waals surface area contributed by atoms with Crippen molar-refractivity contribution in [3.8, 4) is 11.5 Å². The minimum atomic E-state index is -4.03. The fourth-order valence-corrected chi connectivity index (χ4v) is 4.61. The molecular weight excluding hydrogens is 543 g/mol. The third-order valence-corrected chi connectivity index (χ3v) is 6.86. The standard InChI is InChI=1S/C23H23IN2O5S/c1-30-21-13-12-19(15-22(21)31-2)32(28,29)26-20(14-16-6-4-3-5-7-16)23(27)25-18-10-8-17(24)9-11-18/h3-13,15,20,26H,14H2,1-2H3,(H,25,27)/t20-/m0/s1. The molecule has 0 saturated carbocycles. The molecule has 3 rings (SSSR count). The van der Waals surface area contributed by atoms with Gasteiger partial charge in [-0.25, -0.2) is 8.42 Å². The number of benzene rings is 3. The maximum absolute atomic E-state index is 13.1. The number of carbonyl (C=O) groups is 1. The number of anilines is 1. The van der Waals surface area contributed by atoms with Crippen molar-refractivity contribution in [3.63, 3.8) is 0 Å². The minimum Gasteiger partial charge on any atom is -0.493 e. The van der Waals surface area contributed by atoms with E-state index >= 15 is 0 Å². The number of methoxy groups -OCH3 is 2. The molecule has 0 heterocycles. The summed E-state index contributed by atoms with van der Waals surface area (Å²) in [7, 11) is -1.14. The first-order valence-electron chi connectivity index (χ1n) is 9.67. The molecule has 0 bridgehead atoms. The van der Waals surface area contributed by atoms with Crippen molar-refractivity contribution in [1.82, 2.24) is 4.72 Å². The van der Waals surface area contributed by atoms with Gasteiger partial charge in [-0.3, -0.25) is 4.79 Å². The van der Waals surface area contributed by atoms with E-state index in [0.29, 0.717) is 11.4 Å². The van der Waals surface area contributed by atoms with Crippen LogP contribution in [0.4, 0.5) is 5.69 Å². The van der Waals surface area contributed by atoms with Gasteiger partial charge in [0.15, 0.2) is 11.5 Å². The summed E-state index contributed by atoms with van der Waals surface area (Å²) < 4.78 is 40.2. The van der Waals surface area contributed by atoms with Crippen LogP contribution in [0.1, 0.15) is 5.56 Å². The summed E-state index contributed by atoms with van der Waals surface area (Å²) in [6, 6.07) is 19.7.